The second-order valence-corrected chi connectivity index (χ2v) is 5.62. The Kier molecular flexibility index (Phi) is 3.92. The lowest BCUT2D eigenvalue weighted by Crippen LogP contribution is -2.14. The van der Waals surface area contributed by atoms with Crippen LogP contribution >= 0.6 is 27.5 Å². The average molecular weight is 356 g/mol. The van der Waals surface area contributed by atoms with Crippen LogP contribution in [0.15, 0.2) is 22.7 Å². The van der Waals surface area contributed by atoms with Crippen molar-refractivity contribution >= 4 is 27.5 Å². The van der Waals surface area contributed by atoms with Gasteiger partial charge in [0.25, 0.3) is 0 Å². The molecule has 4 nitrogen and oxygen atoms in total. The first-order valence-electron chi connectivity index (χ1n) is 6.16. The number of hydrogen-bond acceptors (Lipinski definition) is 4. The molecule has 0 N–H and O–H groups in total. The molecule has 1 aromatic heterocycles. The molecule has 0 radical (unpaired) electrons. The van der Waals surface area contributed by atoms with Gasteiger partial charge < -0.3 is 9.47 Å². The minimum absolute atomic E-state index is 0.458. The number of hydrogen-bond donors (Lipinski definition) is 0. The third-order valence-corrected chi connectivity index (χ3v) is 4.19. The molecule has 0 bridgehead atoms. The molecule has 0 unspecified atom stereocenters. The summed E-state index contributed by atoms with van der Waals surface area (Å²) in [5, 5.41) is 0.458. The maximum absolute atomic E-state index is 6.25. The smallest absolute Gasteiger partial charge is 0.162 e. The van der Waals surface area contributed by atoms with Crippen LogP contribution in [-0.2, 0) is 17.8 Å². The van der Waals surface area contributed by atoms with Gasteiger partial charge in [0.15, 0.2) is 5.82 Å². The van der Waals surface area contributed by atoms with Gasteiger partial charge in [-0.2, -0.15) is 0 Å². The van der Waals surface area contributed by atoms with E-state index in [4.69, 9.17) is 21.1 Å². The molecule has 1 aromatic carbocycles. The predicted octanol–water partition coefficient (Wildman–Crippen LogP) is 3.64. The Morgan fingerprint density at radius 2 is 2.20 bits per heavy atom. The van der Waals surface area contributed by atoms with Crippen LogP contribution in [0.25, 0.3) is 11.4 Å². The van der Waals surface area contributed by atoms with Crippen molar-refractivity contribution in [3.8, 4) is 17.1 Å². The summed E-state index contributed by atoms with van der Waals surface area (Å²) in [7, 11) is 1.63. The largest absolute Gasteiger partial charge is 0.497 e. The Hall–Kier alpha value is -1.17. The van der Waals surface area contributed by atoms with Crippen LogP contribution in [0, 0.1) is 0 Å². The summed E-state index contributed by atoms with van der Waals surface area (Å²) in [5.74, 6) is 1.35. The maximum Gasteiger partial charge on any atom is 0.162 e. The Balaban J connectivity index is 2.13. The quantitative estimate of drug-likeness (QED) is 0.772. The minimum Gasteiger partial charge on any atom is -0.497 e. The fourth-order valence-corrected chi connectivity index (χ4v) is 2.78. The van der Waals surface area contributed by atoms with E-state index in [0.29, 0.717) is 24.2 Å². The summed E-state index contributed by atoms with van der Waals surface area (Å²) in [6.07, 6.45) is 0.756. The van der Waals surface area contributed by atoms with Gasteiger partial charge in [0.05, 0.1) is 26.0 Å². The topological polar surface area (TPSA) is 44.2 Å². The zero-order chi connectivity index (χ0) is 14.1. The second-order valence-electron chi connectivity index (χ2n) is 4.41. The highest BCUT2D eigenvalue weighted by Gasteiger charge is 2.19. The van der Waals surface area contributed by atoms with E-state index in [-0.39, 0.29) is 0 Å². The van der Waals surface area contributed by atoms with Crippen LogP contribution in [0.4, 0.5) is 0 Å². The van der Waals surface area contributed by atoms with E-state index in [1.54, 1.807) is 7.11 Å². The van der Waals surface area contributed by atoms with Crippen molar-refractivity contribution in [1.82, 2.24) is 9.97 Å². The zero-order valence-electron chi connectivity index (χ0n) is 10.8. The number of halogens is 2. The number of rotatable bonds is 2. The van der Waals surface area contributed by atoms with E-state index in [9.17, 15) is 0 Å². The summed E-state index contributed by atoms with van der Waals surface area (Å²) in [6.45, 7) is 1.15. The lowest BCUT2D eigenvalue weighted by atomic mass is 10.1. The number of fused-ring (bicyclic) bond motifs is 1. The molecule has 2 heterocycles. The lowest BCUT2D eigenvalue weighted by molar-refractivity contribution is 0.109. The van der Waals surface area contributed by atoms with Crippen molar-refractivity contribution < 1.29 is 9.47 Å². The standard InChI is InChI=1S/C14H12BrClN2O2/c1-19-8-2-3-11(15)9(6-8)14-17-12-4-5-20-7-10(12)13(16)18-14/h2-3,6H,4-5,7H2,1H3. The molecule has 0 aliphatic carbocycles. The lowest BCUT2D eigenvalue weighted by Gasteiger charge is -2.17. The fraction of sp³-hybridized carbons (Fsp3) is 0.286. The van der Waals surface area contributed by atoms with E-state index in [2.05, 4.69) is 25.9 Å². The van der Waals surface area contributed by atoms with Gasteiger partial charge in [-0.05, 0) is 18.2 Å². The van der Waals surface area contributed by atoms with E-state index < -0.39 is 0 Å². The van der Waals surface area contributed by atoms with E-state index >= 15 is 0 Å². The van der Waals surface area contributed by atoms with Gasteiger partial charge in [0.1, 0.15) is 10.9 Å². The van der Waals surface area contributed by atoms with Crippen molar-refractivity contribution in [3.05, 3.63) is 39.1 Å². The van der Waals surface area contributed by atoms with Crippen molar-refractivity contribution in [2.24, 2.45) is 0 Å². The Bertz CT molecular complexity index is 664. The van der Waals surface area contributed by atoms with E-state index in [1.807, 2.05) is 18.2 Å². The van der Waals surface area contributed by atoms with Crippen LogP contribution in [-0.4, -0.2) is 23.7 Å². The van der Waals surface area contributed by atoms with Crippen LogP contribution in [0.5, 0.6) is 5.75 Å². The second kappa shape index (κ2) is 5.68. The minimum atomic E-state index is 0.458. The molecular weight excluding hydrogens is 344 g/mol. The van der Waals surface area contributed by atoms with Gasteiger partial charge in [-0.3, -0.25) is 0 Å². The maximum atomic E-state index is 6.25. The monoisotopic (exact) mass is 354 g/mol. The molecule has 1 aliphatic rings. The average Bonchev–Trinajstić information content (AvgIpc) is 2.48. The van der Waals surface area contributed by atoms with Crippen LogP contribution in [0.3, 0.4) is 0 Å². The molecule has 1 aliphatic heterocycles. The number of benzene rings is 1. The molecule has 0 spiro atoms. The summed E-state index contributed by atoms with van der Waals surface area (Å²) < 4.78 is 11.5. The van der Waals surface area contributed by atoms with Crippen molar-refractivity contribution in [2.45, 2.75) is 13.0 Å². The van der Waals surface area contributed by atoms with E-state index in [0.717, 1.165) is 33.5 Å². The first-order valence-corrected chi connectivity index (χ1v) is 7.33. The van der Waals surface area contributed by atoms with Gasteiger partial charge in [-0.1, -0.05) is 27.5 Å². The highest BCUT2D eigenvalue weighted by molar-refractivity contribution is 9.10. The molecule has 20 heavy (non-hydrogen) atoms. The molecule has 0 atom stereocenters. The molecule has 6 heteroatoms. The highest BCUT2D eigenvalue weighted by Crippen LogP contribution is 2.32. The Morgan fingerprint density at radius 1 is 1.35 bits per heavy atom. The number of ether oxygens (including phenoxy) is 2. The van der Waals surface area contributed by atoms with Gasteiger partial charge in [0, 0.05) is 22.0 Å². The van der Waals surface area contributed by atoms with Crippen molar-refractivity contribution in [3.63, 3.8) is 0 Å². The zero-order valence-corrected chi connectivity index (χ0v) is 13.2. The van der Waals surface area contributed by atoms with Gasteiger partial charge in [-0.25, -0.2) is 9.97 Å². The van der Waals surface area contributed by atoms with Crippen LogP contribution < -0.4 is 4.74 Å². The van der Waals surface area contributed by atoms with Gasteiger partial charge in [0.2, 0.25) is 0 Å². The number of methoxy groups -OCH3 is 1. The molecule has 0 amide bonds. The number of aromatic nitrogens is 2. The number of nitrogens with zero attached hydrogens (tertiary/aromatic N) is 2. The van der Waals surface area contributed by atoms with E-state index in [1.165, 1.54) is 0 Å². The molecule has 0 saturated carbocycles. The Morgan fingerprint density at radius 3 is 3.00 bits per heavy atom. The van der Waals surface area contributed by atoms with Crippen molar-refractivity contribution in [2.75, 3.05) is 13.7 Å². The normalized spacial score (nSPS) is 13.9. The first-order chi connectivity index (χ1) is 9.69. The van der Waals surface area contributed by atoms with Crippen LogP contribution in [0.2, 0.25) is 5.15 Å². The van der Waals surface area contributed by atoms with Crippen molar-refractivity contribution in [1.29, 1.82) is 0 Å². The molecular formula is C14H12BrClN2O2. The molecule has 2 aromatic rings. The van der Waals surface area contributed by atoms with Gasteiger partial charge >= 0.3 is 0 Å². The molecule has 104 valence electrons. The third-order valence-electron chi connectivity index (χ3n) is 3.19. The molecule has 0 fully saturated rings. The summed E-state index contributed by atoms with van der Waals surface area (Å²) in [5.41, 5.74) is 2.71. The first kappa shape index (κ1) is 13.8. The fourth-order valence-electron chi connectivity index (χ4n) is 2.12. The molecule has 3 rings (SSSR count). The Labute approximate surface area is 130 Å². The summed E-state index contributed by atoms with van der Waals surface area (Å²) in [6, 6.07) is 5.68. The predicted molar refractivity (Wildman–Crippen MR) is 80.1 cm³/mol. The highest BCUT2D eigenvalue weighted by atomic mass is 79.9. The van der Waals surface area contributed by atoms with Crippen LogP contribution in [0.1, 0.15) is 11.3 Å². The summed E-state index contributed by atoms with van der Waals surface area (Å²) >= 11 is 9.76. The molecule has 0 saturated heterocycles. The van der Waals surface area contributed by atoms with Gasteiger partial charge in [-0.15, -0.1) is 0 Å². The third kappa shape index (κ3) is 2.53. The summed E-state index contributed by atoms with van der Waals surface area (Å²) in [4.78, 5) is 9.00. The SMILES string of the molecule is COc1ccc(Br)c(-c2nc(Cl)c3c(n2)CCOC3)c1.